The van der Waals surface area contributed by atoms with Crippen molar-refractivity contribution < 1.29 is 28.8 Å². The van der Waals surface area contributed by atoms with Crippen molar-refractivity contribution in [1.82, 2.24) is 0 Å². The molecule has 6 nitrogen and oxygen atoms in total. The summed E-state index contributed by atoms with van der Waals surface area (Å²) in [6.07, 6.45) is 8.92. The van der Waals surface area contributed by atoms with Crippen LogP contribution in [-0.4, -0.2) is 61.4 Å². The highest BCUT2D eigenvalue weighted by Crippen LogP contribution is 2.47. The number of esters is 1. The number of epoxide rings is 1. The Kier molecular flexibility index (Phi) is 9.95. The van der Waals surface area contributed by atoms with E-state index >= 15 is 0 Å². The molecule has 0 saturated carbocycles. The maximum Gasteiger partial charge on any atom is 0.308 e. The number of carbonyl (C=O) groups excluding carboxylic acids is 1. The van der Waals surface area contributed by atoms with Crippen LogP contribution < -0.4 is 0 Å². The van der Waals surface area contributed by atoms with Crippen molar-refractivity contribution in [3.63, 3.8) is 0 Å². The molecule has 184 valence electrons. The Hall–Kier alpha value is -1.21. The molecule has 0 unspecified atom stereocenters. The lowest BCUT2D eigenvalue weighted by Gasteiger charge is -2.35. The lowest BCUT2D eigenvalue weighted by molar-refractivity contribution is -0.147. The van der Waals surface area contributed by atoms with Gasteiger partial charge in [-0.2, -0.15) is 0 Å². The highest BCUT2D eigenvalue weighted by atomic mass is 16.6. The fourth-order valence-corrected chi connectivity index (χ4v) is 5.29. The zero-order valence-corrected chi connectivity index (χ0v) is 21.2. The minimum absolute atomic E-state index is 0.0272. The van der Waals surface area contributed by atoms with E-state index in [1.807, 2.05) is 0 Å². The third-order valence-corrected chi connectivity index (χ3v) is 7.08. The minimum Gasteiger partial charge on any atom is -0.469 e. The number of aliphatic hydroxyl groups is 1. The predicted molar refractivity (Wildman–Crippen MR) is 125 cm³/mol. The molecule has 2 heterocycles. The molecule has 0 aromatic rings. The second-order valence-corrected chi connectivity index (χ2v) is 10.1. The molecule has 2 rings (SSSR count). The van der Waals surface area contributed by atoms with Crippen molar-refractivity contribution in [3.05, 3.63) is 23.8 Å². The number of aliphatic hydroxyl groups excluding tert-OH is 1. The molecule has 2 saturated heterocycles. The Labute approximate surface area is 194 Å². The third kappa shape index (κ3) is 7.14. The van der Waals surface area contributed by atoms with Crippen LogP contribution in [0.5, 0.6) is 0 Å². The second kappa shape index (κ2) is 11.8. The Morgan fingerprint density at radius 2 is 1.94 bits per heavy atom. The number of hydrogen-bond donors (Lipinski definition) is 1. The molecule has 2 aliphatic rings. The van der Waals surface area contributed by atoms with Crippen molar-refractivity contribution >= 4 is 5.97 Å². The van der Waals surface area contributed by atoms with Gasteiger partial charge < -0.3 is 24.1 Å². The SMILES string of the molecule is COC(=O)C[C@H]1CC[C@H](C)[C@@H](/C(C)=C/C=C/[C@@H](C)C[C@@]2(C)O[C@@H]2[C@H](C)[C@@H](OC)[C@H](C)O)O1. The van der Waals surface area contributed by atoms with Crippen molar-refractivity contribution in [3.8, 4) is 0 Å². The summed E-state index contributed by atoms with van der Waals surface area (Å²) in [6, 6.07) is 0. The van der Waals surface area contributed by atoms with Gasteiger partial charge in [0.15, 0.2) is 0 Å². The molecule has 32 heavy (non-hydrogen) atoms. The summed E-state index contributed by atoms with van der Waals surface area (Å²) >= 11 is 0. The van der Waals surface area contributed by atoms with Gasteiger partial charge in [-0.15, -0.1) is 0 Å². The lowest BCUT2D eigenvalue weighted by atomic mass is 9.85. The van der Waals surface area contributed by atoms with Crippen LogP contribution in [0.15, 0.2) is 23.8 Å². The molecule has 0 radical (unpaired) electrons. The molecule has 2 aliphatic heterocycles. The van der Waals surface area contributed by atoms with Gasteiger partial charge >= 0.3 is 5.97 Å². The van der Waals surface area contributed by atoms with Gasteiger partial charge in [0.05, 0.1) is 49.7 Å². The quantitative estimate of drug-likeness (QED) is 0.283. The normalized spacial score (nSPS) is 34.7. The standard InChI is InChI=1S/C26H44O6/c1-16(15-26(6)25(32-26)19(4)24(30-8)20(5)27)10-9-11-17(2)23-18(3)12-13-21(31-23)14-22(28)29-7/h9-11,16,18-21,23-25,27H,12-15H2,1-8H3/b10-9+,17-11+/t16-,18+,19-,20+,21-,23-,24-,25-,26-/m1/s1. The summed E-state index contributed by atoms with van der Waals surface area (Å²) in [5.41, 5.74) is 0.992. The van der Waals surface area contributed by atoms with Crippen LogP contribution in [0.4, 0.5) is 0 Å². The highest BCUT2D eigenvalue weighted by Gasteiger charge is 2.56. The van der Waals surface area contributed by atoms with Crippen molar-refractivity contribution in [2.24, 2.45) is 17.8 Å². The molecule has 0 bridgehead atoms. The molecule has 1 N–H and O–H groups in total. The van der Waals surface area contributed by atoms with Crippen LogP contribution in [0.1, 0.15) is 67.2 Å². The van der Waals surface area contributed by atoms with E-state index in [4.69, 9.17) is 18.9 Å². The summed E-state index contributed by atoms with van der Waals surface area (Å²) in [5.74, 6) is 0.693. The fourth-order valence-electron chi connectivity index (χ4n) is 5.29. The van der Waals surface area contributed by atoms with Crippen LogP contribution >= 0.6 is 0 Å². The first-order valence-corrected chi connectivity index (χ1v) is 12.0. The van der Waals surface area contributed by atoms with Crippen molar-refractivity contribution in [2.75, 3.05) is 14.2 Å². The summed E-state index contributed by atoms with van der Waals surface area (Å²) in [4.78, 5) is 11.6. The van der Waals surface area contributed by atoms with Gasteiger partial charge in [0.2, 0.25) is 0 Å². The van der Waals surface area contributed by atoms with Gasteiger partial charge in [-0.25, -0.2) is 0 Å². The first-order valence-electron chi connectivity index (χ1n) is 12.0. The zero-order valence-electron chi connectivity index (χ0n) is 21.2. The molecule has 0 aromatic heterocycles. The maximum atomic E-state index is 11.6. The van der Waals surface area contributed by atoms with E-state index in [1.165, 1.54) is 12.7 Å². The molecule has 0 amide bonds. The molecular weight excluding hydrogens is 408 g/mol. The fraction of sp³-hybridized carbons (Fsp3) is 0.808. The average molecular weight is 453 g/mol. The largest absolute Gasteiger partial charge is 0.469 e. The zero-order chi connectivity index (χ0) is 24.1. The number of carbonyl (C=O) groups is 1. The first-order chi connectivity index (χ1) is 15.0. The van der Waals surface area contributed by atoms with E-state index in [-0.39, 0.29) is 41.9 Å². The number of methoxy groups -OCH3 is 2. The van der Waals surface area contributed by atoms with Gasteiger partial charge in [0, 0.05) is 13.0 Å². The Bertz CT molecular complexity index is 671. The number of allylic oxidation sites excluding steroid dienone is 3. The van der Waals surface area contributed by atoms with Gasteiger partial charge in [-0.05, 0) is 57.4 Å². The monoisotopic (exact) mass is 452 g/mol. The Morgan fingerprint density at radius 1 is 1.25 bits per heavy atom. The van der Waals surface area contributed by atoms with Crippen molar-refractivity contribution in [1.29, 1.82) is 0 Å². The topological polar surface area (TPSA) is 77.5 Å². The number of hydrogen-bond acceptors (Lipinski definition) is 6. The van der Waals surface area contributed by atoms with E-state index in [0.717, 1.165) is 19.3 Å². The van der Waals surface area contributed by atoms with Gasteiger partial charge in [-0.3, -0.25) is 4.79 Å². The Morgan fingerprint density at radius 3 is 2.53 bits per heavy atom. The van der Waals surface area contributed by atoms with Crippen LogP contribution in [0.25, 0.3) is 0 Å². The van der Waals surface area contributed by atoms with E-state index < -0.39 is 6.10 Å². The molecule has 2 fully saturated rings. The lowest BCUT2D eigenvalue weighted by Crippen LogP contribution is -2.36. The van der Waals surface area contributed by atoms with Crippen LogP contribution in [0.3, 0.4) is 0 Å². The van der Waals surface area contributed by atoms with Gasteiger partial charge in [0.1, 0.15) is 0 Å². The van der Waals surface area contributed by atoms with E-state index in [1.54, 1.807) is 14.0 Å². The first kappa shape index (κ1) is 27.0. The molecule has 0 aliphatic carbocycles. The summed E-state index contributed by atoms with van der Waals surface area (Å²) in [6.45, 7) is 12.5. The summed E-state index contributed by atoms with van der Waals surface area (Å²) in [5, 5.41) is 9.95. The Balaban J connectivity index is 1.89. The van der Waals surface area contributed by atoms with E-state index in [2.05, 4.69) is 52.8 Å². The van der Waals surface area contributed by atoms with E-state index in [0.29, 0.717) is 18.3 Å². The average Bonchev–Trinajstić information content (AvgIpc) is 3.39. The molecule has 0 aromatic carbocycles. The predicted octanol–water partition coefficient (Wildman–Crippen LogP) is 4.45. The van der Waals surface area contributed by atoms with Gasteiger partial charge in [-0.1, -0.05) is 39.0 Å². The van der Waals surface area contributed by atoms with Crippen LogP contribution in [-0.2, 0) is 23.7 Å². The minimum atomic E-state index is -0.523. The smallest absolute Gasteiger partial charge is 0.308 e. The third-order valence-electron chi connectivity index (χ3n) is 7.08. The van der Waals surface area contributed by atoms with Gasteiger partial charge in [0.25, 0.3) is 0 Å². The summed E-state index contributed by atoms with van der Waals surface area (Å²) < 4.78 is 22.5. The van der Waals surface area contributed by atoms with Crippen LogP contribution in [0, 0.1) is 17.8 Å². The highest BCUT2D eigenvalue weighted by molar-refractivity contribution is 5.69. The molecular formula is C26H44O6. The van der Waals surface area contributed by atoms with Crippen molar-refractivity contribution in [2.45, 2.75) is 103 Å². The molecule has 0 spiro atoms. The van der Waals surface area contributed by atoms with E-state index in [9.17, 15) is 9.90 Å². The summed E-state index contributed by atoms with van der Waals surface area (Å²) in [7, 11) is 3.06. The molecule has 6 heteroatoms. The molecule has 9 atom stereocenters. The second-order valence-electron chi connectivity index (χ2n) is 10.1. The number of ether oxygens (including phenoxy) is 4. The maximum absolute atomic E-state index is 11.6. The van der Waals surface area contributed by atoms with Crippen LogP contribution in [0.2, 0.25) is 0 Å². The number of rotatable bonds is 11.